The Balaban J connectivity index is 1.82. The summed E-state index contributed by atoms with van der Waals surface area (Å²) in [7, 11) is 1.90. The third-order valence-corrected chi connectivity index (χ3v) is 4.23. The Morgan fingerprint density at radius 3 is 2.60 bits per heavy atom. The van der Waals surface area contributed by atoms with Gasteiger partial charge in [-0.3, -0.25) is 9.69 Å². The van der Waals surface area contributed by atoms with Crippen LogP contribution in [0.15, 0.2) is 36.5 Å². The minimum absolute atomic E-state index is 0.0728. The molecule has 1 N–H and O–H groups in total. The summed E-state index contributed by atoms with van der Waals surface area (Å²) in [6.45, 7) is 7.02. The van der Waals surface area contributed by atoms with E-state index in [9.17, 15) is 4.79 Å². The van der Waals surface area contributed by atoms with Crippen molar-refractivity contribution in [3.63, 3.8) is 0 Å². The van der Waals surface area contributed by atoms with Crippen molar-refractivity contribution in [1.82, 2.24) is 14.7 Å². The molecule has 0 aliphatic heterocycles. The Labute approximate surface area is 153 Å². The maximum atomic E-state index is 12.4. The summed E-state index contributed by atoms with van der Waals surface area (Å²) in [6, 6.07) is 8.92. The second-order valence-electron chi connectivity index (χ2n) is 6.20. The molecule has 0 aliphatic carbocycles. The number of nitrogens with zero attached hydrogens (tertiary/aromatic N) is 3. The summed E-state index contributed by atoms with van der Waals surface area (Å²) < 4.78 is 7.46. The minimum Gasteiger partial charge on any atom is -0.492 e. The van der Waals surface area contributed by atoms with Crippen LogP contribution in [0.3, 0.4) is 0 Å². The largest absolute Gasteiger partial charge is 0.492 e. The van der Waals surface area contributed by atoms with Crippen LogP contribution in [0.5, 0.6) is 5.75 Å². The zero-order valence-electron chi connectivity index (χ0n) is 15.1. The number of likely N-dealkylation sites (N-methyl/N-ethyl adjacent to an activating group) is 1. The van der Waals surface area contributed by atoms with E-state index in [0.717, 1.165) is 5.75 Å². The van der Waals surface area contributed by atoms with Gasteiger partial charge in [-0.2, -0.15) is 5.10 Å². The first-order valence-electron chi connectivity index (χ1n) is 8.31. The van der Waals surface area contributed by atoms with Crippen molar-refractivity contribution < 1.29 is 9.53 Å². The number of aromatic nitrogens is 2. The molecule has 0 unspecified atom stereocenters. The number of hydrogen-bond donors (Lipinski definition) is 1. The van der Waals surface area contributed by atoms with Crippen molar-refractivity contribution in [2.45, 2.75) is 32.9 Å². The molecule has 0 saturated heterocycles. The van der Waals surface area contributed by atoms with Gasteiger partial charge in [-0.25, -0.2) is 4.68 Å². The number of benzene rings is 1. The summed E-state index contributed by atoms with van der Waals surface area (Å²) in [5.74, 6) is 1.39. The Hall–Kier alpha value is -2.05. The number of rotatable bonds is 8. The van der Waals surface area contributed by atoms with Gasteiger partial charge in [0.15, 0.2) is 0 Å². The first kappa shape index (κ1) is 19.3. The number of anilines is 1. The molecule has 1 amide bonds. The van der Waals surface area contributed by atoms with Crippen LogP contribution in [0.4, 0.5) is 5.82 Å². The van der Waals surface area contributed by atoms with Crippen LogP contribution >= 0.6 is 11.6 Å². The normalized spacial score (nSPS) is 12.4. The van der Waals surface area contributed by atoms with Gasteiger partial charge >= 0.3 is 0 Å². The second kappa shape index (κ2) is 8.87. The fraction of sp³-hybridized carbons (Fsp3) is 0.444. The van der Waals surface area contributed by atoms with Crippen LogP contribution in [0.2, 0.25) is 5.02 Å². The van der Waals surface area contributed by atoms with Crippen molar-refractivity contribution in [2.75, 3.05) is 25.5 Å². The Kier molecular flexibility index (Phi) is 6.84. The zero-order chi connectivity index (χ0) is 18.4. The molecule has 0 radical (unpaired) electrons. The van der Waals surface area contributed by atoms with Gasteiger partial charge in [0.05, 0.1) is 12.2 Å². The molecule has 136 valence electrons. The van der Waals surface area contributed by atoms with E-state index in [0.29, 0.717) is 24.0 Å². The number of carbonyl (C=O) groups excluding carboxylic acids is 1. The third-order valence-electron chi connectivity index (χ3n) is 3.98. The van der Waals surface area contributed by atoms with Gasteiger partial charge in [-0.15, -0.1) is 0 Å². The van der Waals surface area contributed by atoms with Gasteiger partial charge in [0.1, 0.15) is 18.2 Å². The number of halogens is 1. The van der Waals surface area contributed by atoms with E-state index in [1.54, 1.807) is 29.1 Å². The quantitative estimate of drug-likeness (QED) is 0.779. The lowest BCUT2D eigenvalue weighted by Gasteiger charge is -2.24. The van der Waals surface area contributed by atoms with Gasteiger partial charge < -0.3 is 10.1 Å². The second-order valence-corrected chi connectivity index (χ2v) is 6.64. The van der Waals surface area contributed by atoms with Crippen molar-refractivity contribution in [2.24, 2.45) is 0 Å². The van der Waals surface area contributed by atoms with Crippen LogP contribution in [-0.2, 0) is 4.79 Å². The Morgan fingerprint density at radius 1 is 1.28 bits per heavy atom. The molecule has 0 aliphatic rings. The van der Waals surface area contributed by atoms with Gasteiger partial charge in [0.25, 0.3) is 0 Å². The monoisotopic (exact) mass is 364 g/mol. The molecular formula is C18H25ClN4O2. The highest BCUT2D eigenvalue weighted by Crippen LogP contribution is 2.16. The van der Waals surface area contributed by atoms with E-state index in [4.69, 9.17) is 16.3 Å². The molecular weight excluding hydrogens is 340 g/mol. The standard InChI is InChI=1S/C18H25ClN4O2/c1-13(2)23-17(9-10-20-23)21-18(24)14(3)22(4)11-12-25-16-7-5-15(19)6-8-16/h5-10,13-14H,11-12H2,1-4H3,(H,21,24)/t14-/m1/s1. The lowest BCUT2D eigenvalue weighted by molar-refractivity contribution is -0.120. The Bertz CT molecular complexity index is 685. The van der Waals surface area contributed by atoms with E-state index >= 15 is 0 Å². The minimum atomic E-state index is -0.288. The molecule has 1 aromatic carbocycles. The maximum absolute atomic E-state index is 12.4. The van der Waals surface area contributed by atoms with Crippen molar-refractivity contribution >= 4 is 23.3 Å². The summed E-state index contributed by atoms with van der Waals surface area (Å²) >= 11 is 5.85. The average molecular weight is 365 g/mol. The van der Waals surface area contributed by atoms with E-state index < -0.39 is 0 Å². The smallest absolute Gasteiger partial charge is 0.242 e. The highest BCUT2D eigenvalue weighted by atomic mass is 35.5. The summed E-state index contributed by atoms with van der Waals surface area (Å²) in [4.78, 5) is 14.4. The number of hydrogen-bond acceptors (Lipinski definition) is 4. The predicted octanol–water partition coefficient (Wildman–Crippen LogP) is 3.46. The molecule has 2 aromatic rings. The number of amides is 1. The van der Waals surface area contributed by atoms with Crippen LogP contribution in [-0.4, -0.2) is 46.8 Å². The molecule has 0 bridgehead atoms. The lowest BCUT2D eigenvalue weighted by Crippen LogP contribution is -2.41. The first-order chi connectivity index (χ1) is 11.9. The van der Waals surface area contributed by atoms with Gasteiger partial charge in [-0.1, -0.05) is 11.6 Å². The zero-order valence-corrected chi connectivity index (χ0v) is 15.8. The van der Waals surface area contributed by atoms with Crippen LogP contribution in [0.1, 0.15) is 26.8 Å². The maximum Gasteiger partial charge on any atom is 0.242 e. The molecule has 1 atom stereocenters. The average Bonchev–Trinajstić information content (AvgIpc) is 3.04. The molecule has 6 nitrogen and oxygen atoms in total. The molecule has 2 rings (SSSR count). The molecule has 1 heterocycles. The molecule has 25 heavy (non-hydrogen) atoms. The predicted molar refractivity (Wildman–Crippen MR) is 100 cm³/mol. The SMILES string of the molecule is CC(C)n1nccc1NC(=O)[C@@H](C)N(C)CCOc1ccc(Cl)cc1. The number of nitrogens with one attached hydrogen (secondary N) is 1. The van der Waals surface area contributed by atoms with E-state index in [1.165, 1.54) is 0 Å². The van der Waals surface area contributed by atoms with Gasteiger partial charge in [0, 0.05) is 23.7 Å². The highest BCUT2D eigenvalue weighted by Gasteiger charge is 2.19. The van der Waals surface area contributed by atoms with Crippen molar-refractivity contribution in [1.29, 1.82) is 0 Å². The first-order valence-corrected chi connectivity index (χ1v) is 8.69. The summed E-state index contributed by atoms with van der Waals surface area (Å²) in [6.07, 6.45) is 1.68. The van der Waals surface area contributed by atoms with Gasteiger partial charge in [-0.05, 0) is 52.1 Å². The fourth-order valence-corrected chi connectivity index (χ4v) is 2.41. The van der Waals surface area contributed by atoms with Crippen LogP contribution < -0.4 is 10.1 Å². The van der Waals surface area contributed by atoms with Crippen molar-refractivity contribution in [3.05, 3.63) is 41.6 Å². The number of ether oxygens (including phenoxy) is 1. The molecule has 1 aromatic heterocycles. The summed E-state index contributed by atoms with van der Waals surface area (Å²) in [5, 5.41) is 7.83. The highest BCUT2D eigenvalue weighted by molar-refractivity contribution is 6.30. The summed E-state index contributed by atoms with van der Waals surface area (Å²) in [5.41, 5.74) is 0. The van der Waals surface area contributed by atoms with Crippen LogP contribution in [0, 0.1) is 0 Å². The van der Waals surface area contributed by atoms with E-state index in [-0.39, 0.29) is 18.0 Å². The Morgan fingerprint density at radius 2 is 1.96 bits per heavy atom. The van der Waals surface area contributed by atoms with E-state index in [2.05, 4.69) is 10.4 Å². The molecule has 0 spiro atoms. The molecule has 0 fully saturated rings. The lowest BCUT2D eigenvalue weighted by atomic mass is 10.2. The molecule has 7 heteroatoms. The topological polar surface area (TPSA) is 59.4 Å². The fourth-order valence-electron chi connectivity index (χ4n) is 2.29. The van der Waals surface area contributed by atoms with Crippen LogP contribution in [0.25, 0.3) is 0 Å². The third kappa shape index (κ3) is 5.47. The number of carbonyl (C=O) groups is 1. The van der Waals surface area contributed by atoms with Gasteiger partial charge in [0.2, 0.25) is 5.91 Å². The van der Waals surface area contributed by atoms with Crippen molar-refractivity contribution in [3.8, 4) is 5.75 Å². The van der Waals surface area contributed by atoms with E-state index in [1.807, 2.05) is 44.9 Å². The molecule has 0 saturated carbocycles.